The fourth-order valence-corrected chi connectivity index (χ4v) is 2.29. The first-order valence-corrected chi connectivity index (χ1v) is 7.56. The fraction of sp³-hybridized carbons (Fsp3) is 0.111. The first kappa shape index (κ1) is 16.5. The van der Waals surface area contributed by atoms with Crippen LogP contribution in [0.3, 0.4) is 0 Å². The zero-order chi connectivity index (χ0) is 17.8. The third-order valence-corrected chi connectivity index (χ3v) is 3.66. The number of rotatable bonds is 5. The van der Waals surface area contributed by atoms with Crippen LogP contribution in [0.1, 0.15) is 10.4 Å². The Hall–Kier alpha value is -3.35. The summed E-state index contributed by atoms with van der Waals surface area (Å²) in [6.07, 6.45) is 3.21. The van der Waals surface area contributed by atoms with Crippen LogP contribution >= 0.6 is 0 Å². The molecular weight excluding hydrogens is 323 g/mol. The number of anilines is 1. The smallest absolute Gasteiger partial charge is 0.255 e. The fourth-order valence-electron chi connectivity index (χ4n) is 2.29. The van der Waals surface area contributed by atoms with Crippen molar-refractivity contribution in [2.24, 2.45) is 7.05 Å². The maximum absolute atomic E-state index is 13.2. The molecule has 3 aromatic rings. The van der Waals surface area contributed by atoms with Crippen LogP contribution in [0, 0.1) is 5.82 Å². The van der Waals surface area contributed by atoms with Crippen LogP contribution in [-0.4, -0.2) is 26.9 Å². The van der Waals surface area contributed by atoms with E-state index in [1.54, 1.807) is 31.6 Å². The lowest BCUT2D eigenvalue weighted by Crippen LogP contribution is -2.24. The van der Waals surface area contributed by atoms with E-state index in [0.29, 0.717) is 5.69 Å². The average molecular weight is 338 g/mol. The Balaban J connectivity index is 1.84. The quantitative estimate of drug-likeness (QED) is 0.722. The van der Waals surface area contributed by atoms with Crippen LogP contribution in [-0.2, 0) is 7.05 Å². The van der Waals surface area contributed by atoms with Gasteiger partial charge in [-0.1, -0.05) is 12.1 Å². The number of nitrogens with zero attached hydrogens (tertiary/aromatic N) is 3. The maximum Gasteiger partial charge on any atom is 0.255 e. The molecule has 0 aliphatic carbocycles. The molecular formula is C18H15FN4O2. The van der Waals surface area contributed by atoms with Crippen LogP contribution in [0.2, 0.25) is 0 Å². The summed E-state index contributed by atoms with van der Waals surface area (Å²) >= 11 is 0. The van der Waals surface area contributed by atoms with Gasteiger partial charge in [-0.05, 0) is 24.3 Å². The number of pyridine rings is 1. The average Bonchev–Trinajstić information content (AvgIpc) is 2.63. The van der Waals surface area contributed by atoms with Gasteiger partial charge in [0.1, 0.15) is 5.82 Å². The number of carbonyl (C=O) groups is 1. The Morgan fingerprint density at radius 3 is 2.68 bits per heavy atom. The Bertz CT molecular complexity index is 970. The minimum Gasteiger partial charge on any atom is -0.348 e. The van der Waals surface area contributed by atoms with E-state index >= 15 is 0 Å². The number of carbonyl (C=O) groups excluding carboxylic acids is 1. The van der Waals surface area contributed by atoms with Crippen molar-refractivity contribution in [2.75, 3.05) is 11.9 Å². The molecule has 0 saturated heterocycles. The number of Topliss-reactive ketones (excluding diaryl/α,β-unsaturated/α-hetero) is 1. The predicted octanol–water partition coefficient (Wildman–Crippen LogP) is 2.28. The van der Waals surface area contributed by atoms with Crippen LogP contribution in [0.25, 0.3) is 11.3 Å². The van der Waals surface area contributed by atoms with E-state index < -0.39 is 5.82 Å². The summed E-state index contributed by atoms with van der Waals surface area (Å²) in [6.45, 7) is -0.108. The lowest BCUT2D eigenvalue weighted by Gasteiger charge is -2.11. The van der Waals surface area contributed by atoms with Gasteiger partial charge in [0.25, 0.3) is 5.56 Å². The van der Waals surface area contributed by atoms with Crippen LogP contribution < -0.4 is 10.9 Å². The molecule has 0 bridgehead atoms. The summed E-state index contributed by atoms with van der Waals surface area (Å²) in [4.78, 5) is 32.6. The highest BCUT2D eigenvalue weighted by atomic mass is 19.1. The molecule has 0 radical (unpaired) electrons. The highest BCUT2D eigenvalue weighted by Gasteiger charge is 2.11. The van der Waals surface area contributed by atoms with Crippen molar-refractivity contribution in [2.45, 2.75) is 0 Å². The molecule has 0 saturated carbocycles. The molecule has 2 aromatic heterocycles. The summed E-state index contributed by atoms with van der Waals surface area (Å²) in [6, 6.07) is 10.3. The van der Waals surface area contributed by atoms with Gasteiger partial charge in [0.2, 0.25) is 5.95 Å². The van der Waals surface area contributed by atoms with Gasteiger partial charge in [-0.3, -0.25) is 19.1 Å². The van der Waals surface area contributed by atoms with E-state index in [9.17, 15) is 14.0 Å². The summed E-state index contributed by atoms with van der Waals surface area (Å²) in [5.74, 6) is -0.525. The molecule has 6 nitrogen and oxygen atoms in total. The number of nitrogens with one attached hydrogen (secondary N) is 1. The minimum absolute atomic E-state index is 0.108. The second-order valence-corrected chi connectivity index (χ2v) is 5.39. The highest BCUT2D eigenvalue weighted by Crippen LogP contribution is 2.15. The monoisotopic (exact) mass is 338 g/mol. The van der Waals surface area contributed by atoms with Crippen molar-refractivity contribution >= 4 is 11.7 Å². The van der Waals surface area contributed by atoms with Crippen molar-refractivity contribution in [1.29, 1.82) is 0 Å². The maximum atomic E-state index is 13.2. The number of hydrogen-bond acceptors (Lipinski definition) is 5. The van der Waals surface area contributed by atoms with Crippen molar-refractivity contribution in [3.63, 3.8) is 0 Å². The molecule has 0 spiro atoms. The van der Waals surface area contributed by atoms with E-state index in [1.807, 2.05) is 0 Å². The molecule has 3 rings (SSSR count). The predicted molar refractivity (Wildman–Crippen MR) is 91.9 cm³/mol. The van der Waals surface area contributed by atoms with Crippen molar-refractivity contribution in [3.8, 4) is 11.3 Å². The number of benzene rings is 1. The topological polar surface area (TPSA) is 76.9 Å². The Morgan fingerprint density at radius 1 is 1.20 bits per heavy atom. The van der Waals surface area contributed by atoms with Gasteiger partial charge in [0.15, 0.2) is 5.78 Å². The molecule has 0 fully saturated rings. The number of ketones is 1. The van der Waals surface area contributed by atoms with E-state index in [2.05, 4.69) is 15.3 Å². The zero-order valence-electron chi connectivity index (χ0n) is 13.4. The lowest BCUT2D eigenvalue weighted by molar-refractivity contribution is 0.101. The standard InChI is InChI=1S/C18H15FN4O2/c1-23-17(25)10-15(12-5-7-20-8-6-12)22-18(23)21-11-16(24)13-3-2-4-14(19)9-13/h2-10H,11H2,1H3,(H,21,22). The van der Waals surface area contributed by atoms with Crippen LogP contribution in [0.15, 0.2) is 59.7 Å². The normalized spacial score (nSPS) is 10.5. The number of hydrogen-bond donors (Lipinski definition) is 1. The van der Waals surface area contributed by atoms with E-state index in [4.69, 9.17) is 0 Å². The molecule has 0 aliphatic heterocycles. The van der Waals surface area contributed by atoms with Gasteiger partial charge >= 0.3 is 0 Å². The minimum atomic E-state index is -0.476. The Labute approximate surface area is 143 Å². The molecule has 1 N–H and O–H groups in total. The van der Waals surface area contributed by atoms with Gasteiger partial charge in [-0.2, -0.15) is 0 Å². The molecule has 0 aliphatic rings. The molecule has 0 atom stereocenters. The number of halogens is 1. The van der Waals surface area contributed by atoms with Crippen molar-refractivity contribution < 1.29 is 9.18 Å². The SMILES string of the molecule is Cn1c(NCC(=O)c2cccc(F)c2)nc(-c2ccncc2)cc1=O. The van der Waals surface area contributed by atoms with E-state index in [1.165, 1.54) is 34.9 Å². The molecule has 0 amide bonds. The second-order valence-electron chi connectivity index (χ2n) is 5.39. The van der Waals surface area contributed by atoms with Crippen LogP contribution in [0.5, 0.6) is 0 Å². The first-order chi connectivity index (χ1) is 12.0. The van der Waals surface area contributed by atoms with Gasteiger partial charge in [0.05, 0.1) is 12.2 Å². The zero-order valence-corrected chi connectivity index (χ0v) is 13.4. The third-order valence-electron chi connectivity index (χ3n) is 3.66. The summed E-state index contributed by atoms with van der Waals surface area (Å²) in [5, 5.41) is 2.85. The largest absolute Gasteiger partial charge is 0.348 e. The van der Waals surface area contributed by atoms with E-state index in [0.717, 1.165) is 5.56 Å². The van der Waals surface area contributed by atoms with E-state index in [-0.39, 0.29) is 29.4 Å². The van der Waals surface area contributed by atoms with Crippen LogP contribution in [0.4, 0.5) is 10.3 Å². The highest BCUT2D eigenvalue weighted by molar-refractivity contribution is 5.98. The van der Waals surface area contributed by atoms with Gasteiger partial charge in [-0.25, -0.2) is 9.37 Å². The molecule has 2 heterocycles. The van der Waals surface area contributed by atoms with Gasteiger partial charge in [-0.15, -0.1) is 0 Å². The number of aromatic nitrogens is 3. The second kappa shape index (κ2) is 7.04. The Kier molecular flexibility index (Phi) is 4.65. The van der Waals surface area contributed by atoms with Crippen molar-refractivity contribution in [1.82, 2.24) is 14.5 Å². The molecule has 1 aromatic carbocycles. The van der Waals surface area contributed by atoms with Gasteiger partial charge in [0, 0.05) is 36.6 Å². The molecule has 25 heavy (non-hydrogen) atoms. The molecule has 7 heteroatoms. The summed E-state index contributed by atoms with van der Waals surface area (Å²) in [7, 11) is 1.56. The molecule has 0 unspecified atom stereocenters. The Morgan fingerprint density at radius 2 is 1.96 bits per heavy atom. The van der Waals surface area contributed by atoms with Crippen molar-refractivity contribution in [3.05, 3.63) is 76.6 Å². The lowest BCUT2D eigenvalue weighted by atomic mass is 10.1. The first-order valence-electron chi connectivity index (χ1n) is 7.56. The molecule has 126 valence electrons. The third kappa shape index (κ3) is 3.77. The summed E-state index contributed by atoms with van der Waals surface area (Å²) < 4.78 is 14.5. The summed E-state index contributed by atoms with van der Waals surface area (Å²) in [5.41, 5.74) is 1.21. The van der Waals surface area contributed by atoms with Gasteiger partial charge < -0.3 is 5.32 Å².